The van der Waals surface area contributed by atoms with E-state index in [1.54, 1.807) is 32.1 Å². The van der Waals surface area contributed by atoms with Gasteiger partial charge in [-0.05, 0) is 44.0 Å². The Morgan fingerprint density at radius 3 is 2.53 bits per heavy atom. The third kappa shape index (κ3) is 4.40. The summed E-state index contributed by atoms with van der Waals surface area (Å²) in [6, 6.07) is 4.88. The lowest BCUT2D eigenvalue weighted by atomic mass is 10.1. The summed E-state index contributed by atoms with van der Waals surface area (Å²) in [6.07, 6.45) is 1.66. The SMILES string of the molecule is CC(=O)/C(=C/c1ccc(C)c(F)c1)SC(C)=S. The fraction of sp³-hybridized carbons (Fsp3) is 0.231. The Labute approximate surface area is 110 Å². The first-order valence-corrected chi connectivity index (χ1v) is 6.30. The number of carbonyl (C=O) groups excluding carboxylic acids is 1. The normalized spacial score (nSPS) is 11.4. The van der Waals surface area contributed by atoms with E-state index in [0.29, 0.717) is 20.2 Å². The van der Waals surface area contributed by atoms with E-state index >= 15 is 0 Å². The van der Waals surface area contributed by atoms with Gasteiger partial charge >= 0.3 is 0 Å². The summed E-state index contributed by atoms with van der Waals surface area (Å²) in [5.74, 6) is -0.342. The predicted molar refractivity (Wildman–Crippen MR) is 75.7 cm³/mol. The second kappa shape index (κ2) is 6.07. The van der Waals surface area contributed by atoms with E-state index in [1.165, 1.54) is 24.8 Å². The molecule has 1 aromatic carbocycles. The van der Waals surface area contributed by atoms with E-state index in [1.807, 2.05) is 0 Å². The smallest absolute Gasteiger partial charge is 0.166 e. The van der Waals surface area contributed by atoms with Gasteiger partial charge in [0.05, 0.1) is 4.91 Å². The van der Waals surface area contributed by atoms with Crippen LogP contribution in [-0.2, 0) is 4.79 Å². The van der Waals surface area contributed by atoms with Crippen LogP contribution in [0.5, 0.6) is 0 Å². The Kier molecular flexibility index (Phi) is 5.02. The lowest BCUT2D eigenvalue weighted by Crippen LogP contribution is -1.95. The standard InChI is InChI=1S/C13H13FOS2/c1-8-4-5-11(6-12(8)14)7-13(9(2)15)17-10(3)16/h4-7H,1-3H3/b13-7-. The average molecular weight is 268 g/mol. The van der Waals surface area contributed by atoms with Crippen molar-refractivity contribution in [2.45, 2.75) is 20.8 Å². The maximum absolute atomic E-state index is 13.3. The van der Waals surface area contributed by atoms with Crippen LogP contribution in [-0.4, -0.2) is 9.98 Å². The first-order valence-electron chi connectivity index (χ1n) is 5.07. The van der Waals surface area contributed by atoms with Crippen molar-refractivity contribution in [3.05, 3.63) is 40.0 Å². The molecule has 0 aromatic heterocycles. The number of thioether (sulfide) groups is 1. The first-order chi connectivity index (χ1) is 7.90. The van der Waals surface area contributed by atoms with Crippen molar-refractivity contribution in [2.24, 2.45) is 0 Å². The van der Waals surface area contributed by atoms with Crippen molar-refractivity contribution >= 4 is 40.0 Å². The Hall–Kier alpha value is -1.00. The van der Waals surface area contributed by atoms with Crippen LogP contribution >= 0.6 is 24.0 Å². The molecular weight excluding hydrogens is 255 g/mol. The second-order valence-corrected chi connectivity index (χ2v) is 5.79. The number of hydrogen-bond donors (Lipinski definition) is 0. The van der Waals surface area contributed by atoms with Gasteiger partial charge in [-0.25, -0.2) is 4.39 Å². The van der Waals surface area contributed by atoms with Gasteiger partial charge in [0, 0.05) is 4.20 Å². The van der Waals surface area contributed by atoms with E-state index in [2.05, 4.69) is 0 Å². The molecule has 1 aromatic rings. The summed E-state index contributed by atoms with van der Waals surface area (Å²) in [6.45, 7) is 4.93. The molecule has 0 aliphatic rings. The molecule has 0 aliphatic heterocycles. The zero-order valence-corrected chi connectivity index (χ0v) is 11.5. The average Bonchev–Trinajstić information content (AvgIpc) is 2.21. The van der Waals surface area contributed by atoms with E-state index < -0.39 is 0 Å². The molecule has 0 radical (unpaired) electrons. The van der Waals surface area contributed by atoms with Crippen molar-refractivity contribution in [3.8, 4) is 0 Å². The summed E-state index contributed by atoms with van der Waals surface area (Å²) in [4.78, 5) is 11.9. The zero-order valence-electron chi connectivity index (χ0n) is 9.91. The zero-order chi connectivity index (χ0) is 13.0. The number of thiocarbonyl (C=S) groups is 1. The molecule has 1 rings (SSSR count). The van der Waals surface area contributed by atoms with Crippen LogP contribution in [0.25, 0.3) is 6.08 Å². The molecule has 0 aliphatic carbocycles. The Balaban J connectivity index is 3.08. The van der Waals surface area contributed by atoms with Crippen LogP contribution in [0, 0.1) is 12.7 Å². The number of allylic oxidation sites excluding steroid dienone is 1. The third-order valence-corrected chi connectivity index (χ3v) is 3.26. The number of benzene rings is 1. The molecule has 4 heteroatoms. The number of Topliss-reactive ketones (excluding diaryl/α,β-unsaturated/α-hetero) is 1. The van der Waals surface area contributed by atoms with E-state index in [0.717, 1.165) is 0 Å². The Morgan fingerprint density at radius 1 is 1.41 bits per heavy atom. The van der Waals surface area contributed by atoms with Crippen LogP contribution in [0.15, 0.2) is 23.1 Å². The highest BCUT2D eigenvalue weighted by Crippen LogP contribution is 2.22. The van der Waals surface area contributed by atoms with Gasteiger partial charge in [0.1, 0.15) is 5.82 Å². The minimum absolute atomic E-state index is 0.0693. The maximum atomic E-state index is 13.3. The molecule has 0 saturated heterocycles. The van der Waals surface area contributed by atoms with Gasteiger partial charge in [0.25, 0.3) is 0 Å². The van der Waals surface area contributed by atoms with E-state index in [9.17, 15) is 9.18 Å². The van der Waals surface area contributed by atoms with Gasteiger partial charge in [-0.15, -0.1) is 0 Å². The van der Waals surface area contributed by atoms with Crippen LogP contribution < -0.4 is 0 Å². The molecule has 0 unspecified atom stereocenters. The summed E-state index contributed by atoms with van der Waals surface area (Å²) in [5.41, 5.74) is 1.26. The second-order valence-electron chi connectivity index (χ2n) is 3.67. The predicted octanol–water partition coefficient (Wildman–Crippen LogP) is 4.14. The van der Waals surface area contributed by atoms with Crippen LogP contribution in [0.1, 0.15) is 25.0 Å². The van der Waals surface area contributed by atoms with Gasteiger partial charge in [-0.1, -0.05) is 36.1 Å². The molecule has 0 fully saturated rings. The van der Waals surface area contributed by atoms with Gasteiger partial charge < -0.3 is 0 Å². The summed E-state index contributed by atoms with van der Waals surface area (Å²) in [5, 5.41) is 0. The molecular formula is C13H13FOS2. The van der Waals surface area contributed by atoms with Gasteiger partial charge in [0.15, 0.2) is 5.78 Å². The molecule has 0 bridgehead atoms. The Bertz CT molecular complexity index is 492. The molecule has 0 N–H and O–H groups in total. The number of rotatable bonds is 3. The van der Waals surface area contributed by atoms with Crippen molar-refractivity contribution in [1.82, 2.24) is 0 Å². The molecule has 0 amide bonds. The summed E-state index contributed by atoms with van der Waals surface area (Å²) in [7, 11) is 0. The highest BCUT2D eigenvalue weighted by molar-refractivity contribution is 8.26. The lowest BCUT2D eigenvalue weighted by Gasteiger charge is -2.03. The Morgan fingerprint density at radius 2 is 2.06 bits per heavy atom. The van der Waals surface area contributed by atoms with Crippen LogP contribution in [0.3, 0.4) is 0 Å². The van der Waals surface area contributed by atoms with Crippen molar-refractivity contribution in [1.29, 1.82) is 0 Å². The van der Waals surface area contributed by atoms with Gasteiger partial charge in [-0.2, -0.15) is 0 Å². The quantitative estimate of drug-likeness (QED) is 0.605. The van der Waals surface area contributed by atoms with E-state index in [4.69, 9.17) is 12.2 Å². The highest BCUT2D eigenvalue weighted by atomic mass is 32.2. The largest absolute Gasteiger partial charge is 0.294 e. The highest BCUT2D eigenvalue weighted by Gasteiger charge is 2.07. The van der Waals surface area contributed by atoms with Crippen molar-refractivity contribution < 1.29 is 9.18 Å². The van der Waals surface area contributed by atoms with Crippen molar-refractivity contribution in [3.63, 3.8) is 0 Å². The molecule has 0 spiro atoms. The monoisotopic (exact) mass is 268 g/mol. The number of ketones is 1. The number of carbonyl (C=O) groups is 1. The maximum Gasteiger partial charge on any atom is 0.166 e. The summed E-state index contributed by atoms with van der Waals surface area (Å²) >= 11 is 6.18. The molecule has 90 valence electrons. The third-order valence-electron chi connectivity index (χ3n) is 2.09. The molecule has 0 heterocycles. The number of aryl methyl sites for hydroxylation is 1. The van der Waals surface area contributed by atoms with Gasteiger partial charge in [-0.3, -0.25) is 4.79 Å². The molecule has 0 saturated carbocycles. The lowest BCUT2D eigenvalue weighted by molar-refractivity contribution is -0.112. The number of halogens is 1. The number of hydrogen-bond acceptors (Lipinski definition) is 3. The topological polar surface area (TPSA) is 17.1 Å². The fourth-order valence-electron chi connectivity index (χ4n) is 1.21. The fourth-order valence-corrected chi connectivity index (χ4v) is 2.13. The minimum atomic E-state index is -0.272. The minimum Gasteiger partial charge on any atom is -0.294 e. The van der Waals surface area contributed by atoms with Crippen LogP contribution in [0.2, 0.25) is 0 Å². The first kappa shape index (κ1) is 14.1. The molecule has 0 atom stereocenters. The summed E-state index contributed by atoms with van der Waals surface area (Å²) < 4.78 is 14.0. The van der Waals surface area contributed by atoms with Crippen LogP contribution in [0.4, 0.5) is 4.39 Å². The molecule has 17 heavy (non-hydrogen) atoms. The van der Waals surface area contributed by atoms with Crippen molar-refractivity contribution in [2.75, 3.05) is 0 Å². The van der Waals surface area contributed by atoms with E-state index in [-0.39, 0.29) is 11.6 Å². The molecule has 1 nitrogen and oxygen atoms in total. The van der Waals surface area contributed by atoms with Gasteiger partial charge in [0.2, 0.25) is 0 Å².